The molecule has 1 aromatic rings. The summed E-state index contributed by atoms with van der Waals surface area (Å²) in [6.45, 7) is 7.60. The zero-order valence-corrected chi connectivity index (χ0v) is 17.2. The monoisotopic (exact) mass is 382 g/mol. The highest BCUT2D eigenvalue weighted by Gasteiger charge is 2.43. The van der Waals surface area contributed by atoms with Crippen LogP contribution in [0, 0.1) is 11.8 Å². The quantitative estimate of drug-likeness (QED) is 0.839. The Morgan fingerprint density at radius 3 is 2.43 bits per heavy atom. The van der Waals surface area contributed by atoms with Gasteiger partial charge in [-0.25, -0.2) is 5.43 Å². The lowest BCUT2D eigenvalue weighted by Crippen LogP contribution is -2.54. The van der Waals surface area contributed by atoms with Gasteiger partial charge in [0.2, 0.25) is 5.91 Å². The van der Waals surface area contributed by atoms with Crippen LogP contribution in [-0.4, -0.2) is 59.5 Å². The first-order valence-corrected chi connectivity index (χ1v) is 11.2. The normalized spacial score (nSPS) is 33.5. The molecular weight excluding hydrogens is 348 g/mol. The molecule has 5 aliphatic rings. The molecule has 5 heteroatoms. The Bertz CT molecular complexity index is 710. The van der Waals surface area contributed by atoms with Gasteiger partial charge in [-0.05, 0) is 55.1 Å². The zero-order valence-electron chi connectivity index (χ0n) is 17.2. The third-order valence-corrected chi connectivity index (χ3v) is 7.61. The molecule has 2 bridgehead atoms. The van der Waals surface area contributed by atoms with Crippen molar-refractivity contribution in [3.8, 4) is 0 Å². The summed E-state index contributed by atoms with van der Waals surface area (Å²) in [5, 5.41) is 0. The van der Waals surface area contributed by atoms with Gasteiger partial charge >= 0.3 is 0 Å². The van der Waals surface area contributed by atoms with E-state index in [4.69, 9.17) is 0 Å². The standard InChI is InChI=1S/C23H34N4O/c1-15(2)21-11-22(25-24-21)23(28)27-13-16-7-8-19(27)14-26(12-16)20-9-17-5-3-4-6-18(17)10-20/h3-6,15-16,19-22,24-25H,7-14H2,1-2H3/t16-,19+,21?,22?/m0/s1. The summed E-state index contributed by atoms with van der Waals surface area (Å²) in [4.78, 5) is 18.3. The van der Waals surface area contributed by atoms with E-state index >= 15 is 0 Å². The molecule has 4 atom stereocenters. The number of benzene rings is 1. The highest BCUT2D eigenvalue weighted by Crippen LogP contribution is 2.33. The molecule has 4 aliphatic heterocycles. The Morgan fingerprint density at radius 2 is 1.75 bits per heavy atom. The van der Waals surface area contributed by atoms with Crippen molar-refractivity contribution in [1.82, 2.24) is 20.7 Å². The molecule has 152 valence electrons. The van der Waals surface area contributed by atoms with Gasteiger partial charge in [0.25, 0.3) is 0 Å². The molecule has 0 saturated carbocycles. The summed E-state index contributed by atoms with van der Waals surface area (Å²) >= 11 is 0. The van der Waals surface area contributed by atoms with Crippen molar-refractivity contribution < 1.29 is 4.79 Å². The number of nitrogens with one attached hydrogen (secondary N) is 2. The van der Waals surface area contributed by atoms with E-state index in [2.05, 4.69) is 58.8 Å². The summed E-state index contributed by atoms with van der Waals surface area (Å²) in [7, 11) is 0. The fourth-order valence-electron chi connectivity index (χ4n) is 5.86. The minimum Gasteiger partial charge on any atom is -0.337 e. The van der Waals surface area contributed by atoms with E-state index in [1.165, 1.54) is 36.8 Å². The maximum atomic E-state index is 13.3. The van der Waals surface area contributed by atoms with Crippen molar-refractivity contribution in [2.75, 3.05) is 19.6 Å². The number of amides is 1. The first-order chi connectivity index (χ1) is 13.6. The fourth-order valence-corrected chi connectivity index (χ4v) is 5.86. The van der Waals surface area contributed by atoms with Crippen LogP contribution in [0.1, 0.15) is 44.2 Å². The van der Waals surface area contributed by atoms with Crippen molar-refractivity contribution >= 4 is 5.91 Å². The van der Waals surface area contributed by atoms with Crippen molar-refractivity contribution in [3.05, 3.63) is 35.4 Å². The van der Waals surface area contributed by atoms with Crippen LogP contribution in [-0.2, 0) is 17.6 Å². The first kappa shape index (κ1) is 18.6. The second-order valence-corrected chi connectivity index (χ2v) is 9.80. The lowest BCUT2D eigenvalue weighted by atomic mass is 9.93. The molecule has 4 saturated heterocycles. The predicted molar refractivity (Wildman–Crippen MR) is 111 cm³/mol. The summed E-state index contributed by atoms with van der Waals surface area (Å²) < 4.78 is 0. The molecule has 2 unspecified atom stereocenters. The summed E-state index contributed by atoms with van der Waals surface area (Å²) in [5.74, 6) is 1.49. The minimum absolute atomic E-state index is 0.0593. The summed E-state index contributed by atoms with van der Waals surface area (Å²) in [5.41, 5.74) is 9.68. The van der Waals surface area contributed by atoms with E-state index in [-0.39, 0.29) is 6.04 Å². The third-order valence-electron chi connectivity index (χ3n) is 7.61. The highest BCUT2D eigenvalue weighted by atomic mass is 16.2. The van der Waals surface area contributed by atoms with E-state index in [0.29, 0.717) is 35.9 Å². The Kier molecular flexibility index (Phi) is 4.93. The largest absolute Gasteiger partial charge is 0.337 e. The van der Waals surface area contributed by atoms with Crippen LogP contribution < -0.4 is 10.9 Å². The highest BCUT2D eigenvalue weighted by molar-refractivity contribution is 5.82. The molecule has 0 aromatic heterocycles. The Labute approximate surface area is 168 Å². The van der Waals surface area contributed by atoms with Crippen molar-refractivity contribution in [3.63, 3.8) is 0 Å². The number of nitrogens with zero attached hydrogens (tertiary/aromatic N) is 2. The van der Waals surface area contributed by atoms with E-state index < -0.39 is 0 Å². The number of carbonyl (C=O) groups excluding carboxylic acids is 1. The van der Waals surface area contributed by atoms with Gasteiger partial charge in [-0.3, -0.25) is 15.1 Å². The number of hydrogen-bond donors (Lipinski definition) is 2. The second kappa shape index (κ2) is 7.43. The Balaban J connectivity index is 1.27. The second-order valence-electron chi connectivity index (χ2n) is 9.80. The number of hydrazine groups is 1. The molecule has 1 aliphatic carbocycles. The van der Waals surface area contributed by atoms with Gasteiger partial charge in [0.15, 0.2) is 0 Å². The molecule has 1 amide bonds. The maximum Gasteiger partial charge on any atom is 0.241 e. The molecule has 2 N–H and O–H groups in total. The smallest absolute Gasteiger partial charge is 0.241 e. The van der Waals surface area contributed by atoms with Gasteiger partial charge in [0.1, 0.15) is 6.04 Å². The van der Waals surface area contributed by atoms with Crippen LogP contribution in [0.2, 0.25) is 0 Å². The maximum absolute atomic E-state index is 13.3. The predicted octanol–water partition coefficient (Wildman–Crippen LogP) is 1.97. The Morgan fingerprint density at radius 1 is 1.00 bits per heavy atom. The molecular formula is C23H34N4O. The molecule has 0 radical (unpaired) electrons. The number of carbonyl (C=O) groups is 1. The average molecular weight is 383 g/mol. The lowest BCUT2D eigenvalue weighted by Gasteiger charge is -2.37. The third kappa shape index (κ3) is 3.38. The van der Waals surface area contributed by atoms with Gasteiger partial charge in [-0.1, -0.05) is 38.1 Å². The lowest BCUT2D eigenvalue weighted by molar-refractivity contribution is -0.137. The number of hydrogen-bond acceptors (Lipinski definition) is 4. The molecule has 4 heterocycles. The molecule has 0 spiro atoms. The molecule has 1 aromatic carbocycles. The van der Waals surface area contributed by atoms with Gasteiger partial charge in [0.05, 0.1) is 0 Å². The van der Waals surface area contributed by atoms with E-state index in [1.807, 2.05) is 0 Å². The van der Waals surface area contributed by atoms with Crippen LogP contribution in [0.3, 0.4) is 0 Å². The van der Waals surface area contributed by atoms with Crippen LogP contribution in [0.5, 0.6) is 0 Å². The molecule has 4 fully saturated rings. The van der Waals surface area contributed by atoms with Crippen LogP contribution in [0.15, 0.2) is 24.3 Å². The minimum atomic E-state index is -0.0593. The molecule has 5 nitrogen and oxygen atoms in total. The van der Waals surface area contributed by atoms with Crippen LogP contribution in [0.4, 0.5) is 0 Å². The first-order valence-electron chi connectivity index (χ1n) is 11.2. The summed E-state index contributed by atoms with van der Waals surface area (Å²) in [6.07, 6.45) is 5.70. The molecule has 6 rings (SSSR count). The number of rotatable bonds is 3. The average Bonchev–Trinajstić information content (AvgIpc) is 3.26. The number of fused-ring (bicyclic) bond motifs is 5. The zero-order chi connectivity index (χ0) is 19.3. The van der Waals surface area contributed by atoms with E-state index in [1.54, 1.807) is 0 Å². The van der Waals surface area contributed by atoms with Gasteiger partial charge in [-0.15, -0.1) is 0 Å². The van der Waals surface area contributed by atoms with Gasteiger partial charge in [0, 0.05) is 37.8 Å². The van der Waals surface area contributed by atoms with Crippen molar-refractivity contribution in [2.45, 2.75) is 70.1 Å². The van der Waals surface area contributed by atoms with E-state index in [0.717, 1.165) is 26.1 Å². The summed E-state index contributed by atoms with van der Waals surface area (Å²) in [6, 6.07) is 10.3. The van der Waals surface area contributed by atoms with Gasteiger partial charge < -0.3 is 4.90 Å². The fraction of sp³-hybridized carbons (Fsp3) is 0.696. The van der Waals surface area contributed by atoms with Crippen molar-refractivity contribution in [1.29, 1.82) is 0 Å². The van der Waals surface area contributed by atoms with Gasteiger partial charge in [-0.2, -0.15) is 0 Å². The number of piperidine rings is 1. The van der Waals surface area contributed by atoms with E-state index in [9.17, 15) is 4.79 Å². The van der Waals surface area contributed by atoms with Crippen LogP contribution in [0.25, 0.3) is 0 Å². The van der Waals surface area contributed by atoms with Crippen molar-refractivity contribution in [2.24, 2.45) is 11.8 Å². The Hall–Kier alpha value is -1.43. The topological polar surface area (TPSA) is 47.6 Å². The molecule has 28 heavy (non-hydrogen) atoms. The van der Waals surface area contributed by atoms with Crippen LogP contribution >= 0.6 is 0 Å². The SMILES string of the molecule is CC(C)C1CC(C(=O)N2C[C@H]3CC[C@@H]2CN(C2Cc4ccccc4C2)C3)NN1.